The highest BCUT2D eigenvalue weighted by Gasteiger charge is 2.30. The topological polar surface area (TPSA) is 55.8 Å². The van der Waals surface area contributed by atoms with E-state index in [0.29, 0.717) is 6.26 Å². The lowest BCUT2D eigenvalue weighted by Gasteiger charge is -2.22. The van der Waals surface area contributed by atoms with E-state index >= 15 is 0 Å². The first kappa shape index (κ1) is 10.1. The zero-order chi connectivity index (χ0) is 8.91. The standard InChI is InChI=1S/C7H12O4/c1-7(10-2,11-3)6(9)4-5-8/h4-5,8H,1-3H3. The van der Waals surface area contributed by atoms with Crippen LogP contribution in [-0.4, -0.2) is 30.9 Å². The van der Waals surface area contributed by atoms with Gasteiger partial charge in [0.1, 0.15) is 0 Å². The Bertz CT molecular complexity index is 158. The number of rotatable bonds is 4. The van der Waals surface area contributed by atoms with Crippen molar-refractivity contribution in [3.63, 3.8) is 0 Å². The summed E-state index contributed by atoms with van der Waals surface area (Å²) in [5.74, 6) is -1.73. The number of carbonyl (C=O) groups is 1. The number of ether oxygens (including phenoxy) is 2. The van der Waals surface area contributed by atoms with Crippen LogP contribution >= 0.6 is 0 Å². The first-order valence-electron chi connectivity index (χ1n) is 3.06. The van der Waals surface area contributed by atoms with Crippen molar-refractivity contribution in [3.05, 3.63) is 12.3 Å². The Morgan fingerprint density at radius 1 is 1.45 bits per heavy atom. The minimum absolute atomic E-state index is 0.440. The van der Waals surface area contributed by atoms with E-state index in [0.717, 1.165) is 6.08 Å². The minimum atomic E-state index is -1.29. The predicted octanol–water partition coefficient (Wildman–Crippen LogP) is 0.636. The molecule has 0 unspecified atom stereocenters. The average molecular weight is 160 g/mol. The number of ketones is 1. The fraction of sp³-hybridized carbons (Fsp3) is 0.571. The maximum Gasteiger partial charge on any atom is 0.229 e. The Balaban J connectivity index is 4.37. The summed E-state index contributed by atoms with van der Waals surface area (Å²) in [7, 11) is 2.71. The average Bonchev–Trinajstić information content (AvgIpc) is 2.03. The highest BCUT2D eigenvalue weighted by atomic mass is 16.7. The van der Waals surface area contributed by atoms with Crippen LogP contribution in [0.1, 0.15) is 6.92 Å². The molecule has 0 bridgehead atoms. The van der Waals surface area contributed by atoms with Gasteiger partial charge in [0.15, 0.2) is 0 Å². The lowest BCUT2D eigenvalue weighted by Crippen LogP contribution is -2.38. The molecule has 0 aliphatic rings. The van der Waals surface area contributed by atoms with Gasteiger partial charge in [-0.25, -0.2) is 0 Å². The van der Waals surface area contributed by atoms with Crippen LogP contribution < -0.4 is 0 Å². The SMILES string of the molecule is COC(C)(OC)C(=O)C=CO. The summed E-state index contributed by atoms with van der Waals surface area (Å²) < 4.78 is 9.53. The molecule has 0 saturated heterocycles. The molecule has 0 aromatic carbocycles. The Labute approximate surface area is 65.4 Å². The van der Waals surface area contributed by atoms with Crippen molar-refractivity contribution >= 4 is 5.78 Å². The van der Waals surface area contributed by atoms with Crippen molar-refractivity contribution in [2.24, 2.45) is 0 Å². The second-order valence-electron chi connectivity index (χ2n) is 2.03. The number of methoxy groups -OCH3 is 2. The Kier molecular flexibility index (Phi) is 3.78. The zero-order valence-corrected chi connectivity index (χ0v) is 6.83. The molecule has 0 aromatic heterocycles. The molecular formula is C7H12O4. The second-order valence-corrected chi connectivity index (χ2v) is 2.03. The molecule has 64 valence electrons. The van der Waals surface area contributed by atoms with Crippen molar-refractivity contribution in [3.8, 4) is 0 Å². The highest BCUT2D eigenvalue weighted by Crippen LogP contribution is 2.11. The molecule has 4 nitrogen and oxygen atoms in total. The Hall–Kier alpha value is -0.870. The largest absolute Gasteiger partial charge is 0.515 e. The van der Waals surface area contributed by atoms with Crippen molar-refractivity contribution in [1.82, 2.24) is 0 Å². The van der Waals surface area contributed by atoms with Crippen LogP contribution in [0.2, 0.25) is 0 Å². The van der Waals surface area contributed by atoms with Gasteiger partial charge in [0.25, 0.3) is 0 Å². The lowest BCUT2D eigenvalue weighted by molar-refractivity contribution is -0.194. The van der Waals surface area contributed by atoms with Gasteiger partial charge in [-0.2, -0.15) is 0 Å². The first-order chi connectivity index (χ1) is 5.10. The molecule has 0 spiro atoms. The van der Waals surface area contributed by atoms with Gasteiger partial charge < -0.3 is 14.6 Å². The number of hydrogen-bond acceptors (Lipinski definition) is 4. The summed E-state index contributed by atoms with van der Waals surface area (Å²) in [5, 5.41) is 8.28. The summed E-state index contributed by atoms with van der Waals surface area (Å²) in [5.41, 5.74) is 0. The quantitative estimate of drug-likeness (QED) is 0.372. The van der Waals surface area contributed by atoms with E-state index < -0.39 is 11.6 Å². The summed E-state index contributed by atoms with van der Waals surface area (Å²) in [6, 6.07) is 0. The van der Waals surface area contributed by atoms with E-state index in [4.69, 9.17) is 14.6 Å². The molecule has 0 radical (unpaired) electrons. The van der Waals surface area contributed by atoms with Gasteiger partial charge in [-0.05, 0) is 6.92 Å². The van der Waals surface area contributed by atoms with E-state index in [1.165, 1.54) is 21.1 Å². The van der Waals surface area contributed by atoms with Gasteiger partial charge >= 0.3 is 0 Å². The Morgan fingerprint density at radius 3 is 2.18 bits per heavy atom. The maximum absolute atomic E-state index is 11.0. The third kappa shape index (κ3) is 2.32. The van der Waals surface area contributed by atoms with Crippen LogP contribution in [0.4, 0.5) is 0 Å². The van der Waals surface area contributed by atoms with E-state index in [-0.39, 0.29) is 0 Å². The second kappa shape index (κ2) is 4.10. The van der Waals surface area contributed by atoms with Crippen LogP contribution in [0.25, 0.3) is 0 Å². The molecule has 1 N–H and O–H groups in total. The van der Waals surface area contributed by atoms with E-state index in [9.17, 15) is 4.79 Å². The van der Waals surface area contributed by atoms with Gasteiger partial charge in [-0.3, -0.25) is 4.79 Å². The highest BCUT2D eigenvalue weighted by molar-refractivity contribution is 5.95. The normalized spacial score (nSPS) is 12.3. The monoisotopic (exact) mass is 160 g/mol. The molecule has 0 fully saturated rings. The summed E-state index contributed by atoms with van der Waals surface area (Å²) in [4.78, 5) is 11.0. The zero-order valence-electron chi connectivity index (χ0n) is 6.83. The fourth-order valence-electron chi connectivity index (χ4n) is 0.504. The lowest BCUT2D eigenvalue weighted by atomic mass is 10.2. The van der Waals surface area contributed by atoms with Crippen molar-refractivity contribution in [1.29, 1.82) is 0 Å². The van der Waals surface area contributed by atoms with E-state index in [2.05, 4.69) is 0 Å². The minimum Gasteiger partial charge on any atom is -0.515 e. The molecule has 0 rings (SSSR count). The van der Waals surface area contributed by atoms with Gasteiger partial charge in [0.2, 0.25) is 11.6 Å². The van der Waals surface area contributed by atoms with Gasteiger partial charge in [0, 0.05) is 20.3 Å². The molecule has 0 aromatic rings. The number of aliphatic hydroxyl groups is 1. The first-order valence-corrected chi connectivity index (χ1v) is 3.06. The molecule has 0 atom stereocenters. The van der Waals surface area contributed by atoms with Crippen LogP contribution in [-0.2, 0) is 14.3 Å². The Morgan fingerprint density at radius 2 is 1.91 bits per heavy atom. The molecule has 4 heteroatoms. The van der Waals surface area contributed by atoms with Gasteiger partial charge in [0.05, 0.1) is 6.26 Å². The van der Waals surface area contributed by atoms with E-state index in [1.54, 1.807) is 0 Å². The number of carbonyl (C=O) groups excluding carboxylic acids is 1. The number of hydrogen-bond donors (Lipinski definition) is 1. The molecule has 0 heterocycles. The van der Waals surface area contributed by atoms with Crippen molar-refractivity contribution in [2.45, 2.75) is 12.7 Å². The fourth-order valence-corrected chi connectivity index (χ4v) is 0.504. The smallest absolute Gasteiger partial charge is 0.229 e. The molecular weight excluding hydrogens is 148 g/mol. The summed E-state index contributed by atoms with van der Waals surface area (Å²) in [6.07, 6.45) is 1.63. The van der Waals surface area contributed by atoms with Gasteiger partial charge in [-0.1, -0.05) is 0 Å². The number of aliphatic hydroxyl groups excluding tert-OH is 1. The van der Waals surface area contributed by atoms with Crippen LogP contribution in [0.5, 0.6) is 0 Å². The predicted molar refractivity (Wildman–Crippen MR) is 39.2 cm³/mol. The summed E-state index contributed by atoms with van der Waals surface area (Å²) in [6.45, 7) is 1.47. The van der Waals surface area contributed by atoms with Crippen LogP contribution in [0.15, 0.2) is 12.3 Å². The van der Waals surface area contributed by atoms with Gasteiger partial charge in [-0.15, -0.1) is 0 Å². The molecule has 11 heavy (non-hydrogen) atoms. The van der Waals surface area contributed by atoms with Crippen LogP contribution in [0.3, 0.4) is 0 Å². The van der Waals surface area contributed by atoms with Crippen molar-refractivity contribution in [2.75, 3.05) is 14.2 Å². The third-order valence-electron chi connectivity index (χ3n) is 1.45. The van der Waals surface area contributed by atoms with Crippen molar-refractivity contribution < 1.29 is 19.4 Å². The molecule has 0 saturated carbocycles. The van der Waals surface area contributed by atoms with E-state index in [1.807, 2.05) is 0 Å². The molecule has 0 aliphatic carbocycles. The third-order valence-corrected chi connectivity index (χ3v) is 1.45. The van der Waals surface area contributed by atoms with Crippen LogP contribution in [0, 0.1) is 0 Å². The molecule has 0 aliphatic heterocycles. The maximum atomic E-state index is 11.0. The summed E-state index contributed by atoms with van der Waals surface area (Å²) >= 11 is 0. The molecule has 0 amide bonds.